The lowest BCUT2D eigenvalue weighted by Crippen LogP contribution is -2.56. The topological polar surface area (TPSA) is 157 Å². The number of aryl methyl sites for hydroxylation is 1. The molecule has 8 heterocycles. The van der Waals surface area contributed by atoms with Gasteiger partial charge in [0, 0.05) is 87.1 Å². The number of anilines is 2. The predicted octanol–water partition coefficient (Wildman–Crippen LogP) is 7.41. The normalized spacial score (nSPS) is 25.2. The van der Waals surface area contributed by atoms with E-state index < -0.39 is 23.6 Å². The molecule has 15 nitrogen and oxygen atoms in total. The SMILES string of the molecule is C#Cc1c(F)ccc2c1C(c1ncc3c(N4CC5CCC(C4)N5)nc(OCC4(CN5CCC6(CC5)CC(N5CCC(c7cc8c(cc7F)c(N7CCC(=O)NC7=O)nn8C)CC5)C6)CC4)nc3c1F)CC(O)=C2. The Bertz CT molecular complexity index is 3150. The Kier molecular flexibility index (Phi) is 11.3. The number of imide groups is 1. The molecule has 380 valence electrons. The van der Waals surface area contributed by atoms with E-state index in [0.717, 1.165) is 89.6 Å². The Hall–Kier alpha value is -6.29. The van der Waals surface area contributed by atoms with Crippen LogP contribution >= 0.6 is 0 Å². The number of aliphatic hydroxyl groups is 1. The molecule has 3 unspecified atom stereocenters. The van der Waals surface area contributed by atoms with Gasteiger partial charge in [-0.15, -0.1) is 6.42 Å². The number of nitrogens with one attached hydrogen (secondary N) is 2. The van der Waals surface area contributed by atoms with Crippen LogP contribution in [0.4, 0.5) is 29.6 Å². The van der Waals surface area contributed by atoms with Crippen LogP contribution in [-0.4, -0.2) is 129 Å². The summed E-state index contributed by atoms with van der Waals surface area (Å²) in [4.78, 5) is 47.6. The van der Waals surface area contributed by atoms with Crippen molar-refractivity contribution in [2.45, 2.75) is 107 Å². The molecule has 2 bridgehead atoms. The number of hydrogen-bond donors (Lipinski definition) is 3. The van der Waals surface area contributed by atoms with Crippen molar-refractivity contribution in [2.24, 2.45) is 17.9 Å². The number of carbonyl (C=O) groups excluding carboxylic acids is 2. The number of carbonyl (C=O) groups is 2. The van der Waals surface area contributed by atoms with Crippen molar-refractivity contribution >= 4 is 51.5 Å². The molecule has 1 spiro atoms. The quantitative estimate of drug-likeness (QED) is 0.119. The lowest BCUT2D eigenvalue weighted by molar-refractivity contribution is -0.120. The van der Waals surface area contributed by atoms with E-state index in [1.54, 1.807) is 30.1 Å². The molecule has 73 heavy (non-hydrogen) atoms. The third-order valence-electron chi connectivity index (χ3n) is 18.0. The van der Waals surface area contributed by atoms with Gasteiger partial charge in [-0.2, -0.15) is 15.1 Å². The molecule has 3 amide bonds. The monoisotopic (exact) mass is 995 g/mol. The van der Waals surface area contributed by atoms with Crippen LogP contribution in [0, 0.1) is 40.6 Å². The van der Waals surface area contributed by atoms with Crippen molar-refractivity contribution in [1.29, 1.82) is 0 Å². The number of aliphatic hydroxyl groups excluding tert-OH is 1. The number of amides is 3. The van der Waals surface area contributed by atoms with Gasteiger partial charge in [-0.05, 0) is 143 Å². The van der Waals surface area contributed by atoms with Gasteiger partial charge in [0.25, 0.3) is 0 Å². The van der Waals surface area contributed by atoms with Crippen LogP contribution in [0.2, 0.25) is 0 Å². The number of allylic oxidation sites excluding steroid dienone is 1. The Morgan fingerprint density at radius 1 is 0.918 bits per heavy atom. The zero-order valence-electron chi connectivity index (χ0n) is 41.1. The zero-order chi connectivity index (χ0) is 49.9. The minimum atomic E-state index is -0.829. The van der Waals surface area contributed by atoms with Crippen molar-refractivity contribution in [2.75, 3.05) is 68.8 Å². The summed E-state index contributed by atoms with van der Waals surface area (Å²) in [5.74, 6) is 0.867. The Morgan fingerprint density at radius 2 is 1.68 bits per heavy atom. The molecule has 3 aromatic heterocycles. The molecule has 3 aliphatic carbocycles. The highest BCUT2D eigenvalue weighted by Crippen LogP contribution is 2.54. The number of fused-ring (bicyclic) bond motifs is 5. The average molecular weight is 996 g/mol. The minimum absolute atomic E-state index is 0.0114. The van der Waals surface area contributed by atoms with Gasteiger partial charge < -0.3 is 29.9 Å². The molecule has 3 N–H and O–H groups in total. The fourth-order valence-corrected chi connectivity index (χ4v) is 13.7. The summed E-state index contributed by atoms with van der Waals surface area (Å²) in [6, 6.07) is 6.97. The van der Waals surface area contributed by atoms with E-state index in [1.807, 2.05) is 6.07 Å². The number of piperidine rings is 2. The maximum Gasteiger partial charge on any atom is 0.329 e. The highest BCUT2D eigenvalue weighted by Gasteiger charge is 2.51. The van der Waals surface area contributed by atoms with Crippen LogP contribution in [0.15, 0.2) is 36.2 Å². The highest BCUT2D eigenvalue weighted by molar-refractivity contribution is 6.09. The second kappa shape index (κ2) is 17.7. The van der Waals surface area contributed by atoms with E-state index in [0.29, 0.717) is 82.3 Å². The van der Waals surface area contributed by atoms with Gasteiger partial charge in [-0.3, -0.25) is 24.7 Å². The molecule has 2 saturated carbocycles. The minimum Gasteiger partial charge on any atom is -0.512 e. The first kappa shape index (κ1) is 46.5. The first-order valence-electron chi connectivity index (χ1n) is 26.2. The number of likely N-dealkylation sites (tertiary alicyclic amines) is 2. The van der Waals surface area contributed by atoms with Gasteiger partial charge in [-0.1, -0.05) is 12.0 Å². The number of ether oxygens (including phenoxy) is 1. The van der Waals surface area contributed by atoms with Crippen LogP contribution in [0.3, 0.4) is 0 Å². The molecule has 18 heteroatoms. The number of hydrogen-bond acceptors (Lipinski definition) is 12. The molecular formula is C55H60F3N11O4. The van der Waals surface area contributed by atoms with Gasteiger partial charge >= 0.3 is 12.0 Å². The first-order valence-corrected chi connectivity index (χ1v) is 26.2. The molecular weight excluding hydrogens is 936 g/mol. The van der Waals surface area contributed by atoms with E-state index in [9.17, 15) is 14.7 Å². The summed E-state index contributed by atoms with van der Waals surface area (Å²) in [5.41, 5.74) is 2.89. The van der Waals surface area contributed by atoms with E-state index in [1.165, 1.54) is 29.9 Å². The molecule has 5 aromatic rings. The molecule has 0 radical (unpaired) electrons. The fourth-order valence-electron chi connectivity index (χ4n) is 13.7. The van der Waals surface area contributed by atoms with E-state index in [-0.39, 0.29) is 71.0 Å². The Labute approximate surface area is 421 Å². The van der Waals surface area contributed by atoms with Crippen molar-refractivity contribution in [3.8, 4) is 18.4 Å². The van der Waals surface area contributed by atoms with Crippen LogP contribution in [-0.2, 0) is 11.8 Å². The van der Waals surface area contributed by atoms with Crippen LogP contribution in [0.25, 0.3) is 27.9 Å². The molecule has 5 saturated heterocycles. The molecule has 13 rings (SSSR count). The first-order chi connectivity index (χ1) is 35.3. The molecule has 3 atom stereocenters. The maximum absolute atomic E-state index is 17.2. The molecule has 5 aliphatic heterocycles. The van der Waals surface area contributed by atoms with E-state index in [4.69, 9.17) is 21.1 Å². The number of pyridine rings is 1. The second-order valence-electron chi connectivity index (χ2n) is 22.6. The molecule has 2 aromatic carbocycles. The van der Waals surface area contributed by atoms with Crippen molar-refractivity contribution in [3.05, 3.63) is 81.6 Å². The maximum atomic E-state index is 17.2. The zero-order valence-corrected chi connectivity index (χ0v) is 41.1. The summed E-state index contributed by atoms with van der Waals surface area (Å²) < 4.78 is 56.4. The summed E-state index contributed by atoms with van der Waals surface area (Å²) in [5, 5.41) is 22.4. The number of urea groups is 1. The smallest absolute Gasteiger partial charge is 0.329 e. The third-order valence-corrected chi connectivity index (χ3v) is 18.0. The van der Waals surface area contributed by atoms with Gasteiger partial charge in [0.2, 0.25) is 5.91 Å². The lowest BCUT2D eigenvalue weighted by Gasteiger charge is -2.56. The summed E-state index contributed by atoms with van der Waals surface area (Å²) in [6.07, 6.45) is 19.8. The number of aromatic nitrogens is 5. The van der Waals surface area contributed by atoms with Crippen molar-refractivity contribution in [1.82, 2.24) is 45.2 Å². The van der Waals surface area contributed by atoms with Crippen LogP contribution in [0.1, 0.15) is 117 Å². The Morgan fingerprint density at radius 3 is 2.41 bits per heavy atom. The number of terminal acetylenes is 1. The number of rotatable bonds is 10. The van der Waals surface area contributed by atoms with Gasteiger partial charge in [0.15, 0.2) is 11.6 Å². The van der Waals surface area contributed by atoms with Crippen molar-refractivity contribution in [3.63, 3.8) is 0 Å². The summed E-state index contributed by atoms with van der Waals surface area (Å²) in [6.45, 7) is 6.93. The van der Waals surface area contributed by atoms with Crippen LogP contribution < -0.4 is 25.2 Å². The largest absolute Gasteiger partial charge is 0.512 e. The number of nitrogens with zero attached hydrogens (tertiary/aromatic N) is 9. The van der Waals surface area contributed by atoms with E-state index >= 15 is 13.2 Å². The third kappa shape index (κ3) is 8.26. The fraction of sp³-hybridized carbons (Fsp3) is 0.527. The van der Waals surface area contributed by atoms with E-state index in [2.05, 4.69) is 41.3 Å². The average Bonchev–Trinajstić information content (AvgIpc) is 3.96. The standard InChI is InChI=1S/C55H60F3N11O4/c1-3-37-42(56)7-4-32-20-36(70)21-40(46(32)37)48-47(58)49-41(26-59-48)50(68-27-33-5-6-34(28-68)60-33)63-52(62-49)73-30-55(11-12-55)29-66-18-13-54(14-19-66)24-35(25-54)67-15-8-31(9-16-67)38-23-44-39(22-43(38)57)51(64-65(44)2)69-17-10-45(71)61-53(69)72/h1,4,7,20,22-23,26,31,33-35,40,60,70H,5-6,8-19,21,24-25,27-30H2,2H3,(H,61,71,72). The van der Waals surface area contributed by atoms with Gasteiger partial charge in [-0.25, -0.2) is 18.0 Å². The summed E-state index contributed by atoms with van der Waals surface area (Å²) in [7, 11) is 1.80. The second-order valence-corrected chi connectivity index (χ2v) is 22.6. The predicted molar refractivity (Wildman–Crippen MR) is 269 cm³/mol. The van der Waals surface area contributed by atoms with Crippen molar-refractivity contribution < 1.29 is 32.6 Å². The number of piperazine rings is 1. The molecule has 7 fully saturated rings. The number of benzene rings is 2. The van der Waals surface area contributed by atoms with Gasteiger partial charge in [0.1, 0.15) is 23.0 Å². The Balaban J connectivity index is 0.648. The summed E-state index contributed by atoms with van der Waals surface area (Å²) >= 11 is 0. The highest BCUT2D eigenvalue weighted by atomic mass is 19.1. The lowest BCUT2D eigenvalue weighted by atomic mass is 9.59. The molecule has 8 aliphatic rings. The van der Waals surface area contributed by atoms with Gasteiger partial charge in [0.05, 0.1) is 34.5 Å². The number of halogens is 3. The van der Waals surface area contributed by atoms with Crippen LogP contribution in [0.5, 0.6) is 6.01 Å².